The van der Waals surface area contributed by atoms with Crippen LogP contribution in [0, 0.1) is 12.8 Å². The van der Waals surface area contributed by atoms with Crippen LogP contribution < -0.4 is 5.32 Å². The van der Waals surface area contributed by atoms with Crippen molar-refractivity contribution < 1.29 is 4.74 Å². The molecule has 1 aromatic heterocycles. The van der Waals surface area contributed by atoms with Crippen LogP contribution in [0.15, 0.2) is 18.5 Å². The Morgan fingerprint density at radius 3 is 2.95 bits per heavy atom. The molecule has 1 saturated heterocycles. The molecule has 1 aliphatic heterocycles. The smallest absolute Gasteiger partial charge is 0.0686 e. The van der Waals surface area contributed by atoms with E-state index in [1.165, 1.54) is 49.7 Å². The Hall–Kier alpha value is -0.930. The zero-order valence-electron chi connectivity index (χ0n) is 13.4. The van der Waals surface area contributed by atoms with Crippen molar-refractivity contribution in [3.05, 3.63) is 29.6 Å². The molecule has 1 aliphatic carbocycles. The first-order chi connectivity index (χ1) is 10.2. The normalized spacial score (nSPS) is 26.1. The van der Waals surface area contributed by atoms with Crippen molar-refractivity contribution >= 4 is 0 Å². The number of pyridine rings is 1. The minimum Gasteiger partial charge on any atom is -0.375 e. The average molecular weight is 288 g/mol. The van der Waals surface area contributed by atoms with Gasteiger partial charge in [0.05, 0.1) is 5.60 Å². The SMILES string of the molecule is CCNC(c1ccncc1C)C1CCOC2(CCCC2)C1. The molecule has 116 valence electrons. The van der Waals surface area contributed by atoms with Gasteiger partial charge in [0.15, 0.2) is 0 Å². The Morgan fingerprint density at radius 1 is 1.43 bits per heavy atom. The van der Waals surface area contributed by atoms with Gasteiger partial charge in [0.1, 0.15) is 0 Å². The van der Waals surface area contributed by atoms with E-state index in [0.717, 1.165) is 13.2 Å². The summed E-state index contributed by atoms with van der Waals surface area (Å²) >= 11 is 0. The van der Waals surface area contributed by atoms with Crippen molar-refractivity contribution in [1.82, 2.24) is 10.3 Å². The lowest BCUT2D eigenvalue weighted by atomic mass is 9.78. The molecule has 0 bridgehead atoms. The van der Waals surface area contributed by atoms with E-state index in [0.29, 0.717) is 12.0 Å². The van der Waals surface area contributed by atoms with Crippen molar-refractivity contribution in [2.45, 2.75) is 64.0 Å². The average Bonchev–Trinajstić information content (AvgIpc) is 2.93. The Labute approximate surface area is 128 Å². The molecule has 2 fully saturated rings. The summed E-state index contributed by atoms with van der Waals surface area (Å²) in [5, 5.41) is 3.73. The third-order valence-electron chi connectivity index (χ3n) is 5.34. The topological polar surface area (TPSA) is 34.2 Å². The summed E-state index contributed by atoms with van der Waals surface area (Å²) in [6.45, 7) is 6.32. The van der Waals surface area contributed by atoms with Crippen molar-refractivity contribution in [2.24, 2.45) is 5.92 Å². The van der Waals surface area contributed by atoms with Crippen LogP contribution in [-0.4, -0.2) is 23.7 Å². The zero-order chi connectivity index (χ0) is 14.7. The highest BCUT2D eigenvalue weighted by Gasteiger charge is 2.42. The first-order valence-electron chi connectivity index (χ1n) is 8.52. The fraction of sp³-hybridized carbons (Fsp3) is 0.722. The Kier molecular flexibility index (Phi) is 4.60. The molecule has 1 N–H and O–H groups in total. The minimum absolute atomic E-state index is 0.192. The molecule has 0 radical (unpaired) electrons. The fourth-order valence-electron chi connectivity index (χ4n) is 4.30. The molecule has 3 rings (SSSR count). The van der Waals surface area contributed by atoms with Crippen LogP contribution >= 0.6 is 0 Å². The van der Waals surface area contributed by atoms with Gasteiger partial charge in [-0.15, -0.1) is 0 Å². The van der Waals surface area contributed by atoms with E-state index in [-0.39, 0.29) is 5.60 Å². The van der Waals surface area contributed by atoms with Gasteiger partial charge in [0, 0.05) is 25.0 Å². The monoisotopic (exact) mass is 288 g/mol. The van der Waals surface area contributed by atoms with Gasteiger partial charge in [-0.2, -0.15) is 0 Å². The molecule has 2 unspecified atom stereocenters. The maximum Gasteiger partial charge on any atom is 0.0686 e. The molecule has 2 heterocycles. The molecular formula is C18H28N2O. The van der Waals surface area contributed by atoms with E-state index in [4.69, 9.17) is 4.74 Å². The second kappa shape index (κ2) is 6.45. The second-order valence-corrected chi connectivity index (χ2v) is 6.76. The van der Waals surface area contributed by atoms with Crippen LogP contribution in [0.2, 0.25) is 0 Å². The molecule has 1 aromatic rings. The molecule has 3 nitrogen and oxygen atoms in total. The predicted molar refractivity (Wildman–Crippen MR) is 85.3 cm³/mol. The molecule has 21 heavy (non-hydrogen) atoms. The summed E-state index contributed by atoms with van der Waals surface area (Å²) in [7, 11) is 0. The molecule has 0 amide bonds. The highest BCUT2D eigenvalue weighted by molar-refractivity contribution is 5.26. The van der Waals surface area contributed by atoms with E-state index in [2.05, 4.69) is 30.2 Å². The lowest BCUT2D eigenvalue weighted by molar-refractivity contribution is -0.0981. The largest absolute Gasteiger partial charge is 0.375 e. The Morgan fingerprint density at radius 2 is 2.24 bits per heavy atom. The first kappa shape index (κ1) is 15.0. The van der Waals surface area contributed by atoms with Gasteiger partial charge < -0.3 is 10.1 Å². The Bertz CT molecular complexity index is 468. The third-order valence-corrected chi connectivity index (χ3v) is 5.34. The first-order valence-corrected chi connectivity index (χ1v) is 8.52. The van der Waals surface area contributed by atoms with Gasteiger partial charge in [-0.3, -0.25) is 4.98 Å². The molecule has 2 aliphatic rings. The molecule has 3 heteroatoms. The maximum absolute atomic E-state index is 6.21. The van der Waals surface area contributed by atoms with Crippen molar-refractivity contribution in [3.8, 4) is 0 Å². The number of aryl methyl sites for hydroxylation is 1. The van der Waals surface area contributed by atoms with E-state index in [1.807, 2.05) is 12.4 Å². The number of nitrogens with zero attached hydrogens (tertiary/aromatic N) is 1. The van der Waals surface area contributed by atoms with Gasteiger partial charge in [-0.1, -0.05) is 19.8 Å². The Balaban J connectivity index is 1.82. The highest BCUT2D eigenvalue weighted by atomic mass is 16.5. The number of ether oxygens (including phenoxy) is 1. The molecule has 1 saturated carbocycles. The summed E-state index contributed by atoms with van der Waals surface area (Å²) in [5.74, 6) is 0.679. The highest BCUT2D eigenvalue weighted by Crippen LogP contribution is 2.45. The molecule has 2 atom stereocenters. The van der Waals surface area contributed by atoms with E-state index < -0.39 is 0 Å². The van der Waals surface area contributed by atoms with Crippen LogP contribution in [0.3, 0.4) is 0 Å². The van der Waals surface area contributed by atoms with Crippen molar-refractivity contribution in [1.29, 1.82) is 0 Å². The maximum atomic E-state index is 6.21. The molecule has 1 spiro atoms. The lowest BCUT2D eigenvalue weighted by Gasteiger charge is -2.42. The standard InChI is InChI=1S/C18H28N2O/c1-3-20-17(16-6-10-19-13-14(16)2)15-7-11-21-18(12-15)8-4-5-9-18/h6,10,13,15,17,20H,3-5,7-9,11-12H2,1-2H3. The molecular weight excluding hydrogens is 260 g/mol. The number of nitrogens with one attached hydrogen (secondary N) is 1. The van der Waals surface area contributed by atoms with E-state index in [1.54, 1.807) is 0 Å². The van der Waals surface area contributed by atoms with E-state index >= 15 is 0 Å². The van der Waals surface area contributed by atoms with Crippen LogP contribution in [0.25, 0.3) is 0 Å². The number of aromatic nitrogens is 1. The number of rotatable bonds is 4. The second-order valence-electron chi connectivity index (χ2n) is 6.76. The van der Waals surface area contributed by atoms with Gasteiger partial charge in [-0.25, -0.2) is 0 Å². The summed E-state index contributed by atoms with van der Waals surface area (Å²) in [6, 6.07) is 2.64. The van der Waals surface area contributed by atoms with Crippen molar-refractivity contribution in [3.63, 3.8) is 0 Å². The van der Waals surface area contributed by atoms with Crippen LogP contribution in [-0.2, 0) is 4.74 Å². The number of hydrogen-bond acceptors (Lipinski definition) is 3. The lowest BCUT2D eigenvalue weighted by Crippen LogP contribution is -2.42. The quantitative estimate of drug-likeness (QED) is 0.915. The predicted octanol–water partition coefficient (Wildman–Crippen LogP) is 3.78. The summed E-state index contributed by atoms with van der Waals surface area (Å²) in [4.78, 5) is 4.25. The van der Waals surface area contributed by atoms with Gasteiger partial charge >= 0.3 is 0 Å². The van der Waals surface area contributed by atoms with Gasteiger partial charge in [-0.05, 0) is 62.3 Å². The minimum atomic E-state index is 0.192. The summed E-state index contributed by atoms with van der Waals surface area (Å²) in [6.07, 6.45) is 11.5. The zero-order valence-corrected chi connectivity index (χ0v) is 13.4. The van der Waals surface area contributed by atoms with Crippen LogP contribution in [0.4, 0.5) is 0 Å². The number of hydrogen-bond donors (Lipinski definition) is 1. The van der Waals surface area contributed by atoms with Crippen LogP contribution in [0.5, 0.6) is 0 Å². The van der Waals surface area contributed by atoms with Gasteiger partial charge in [0.25, 0.3) is 0 Å². The fourth-order valence-corrected chi connectivity index (χ4v) is 4.30. The van der Waals surface area contributed by atoms with Crippen molar-refractivity contribution in [2.75, 3.05) is 13.2 Å². The summed E-state index contributed by atoms with van der Waals surface area (Å²) < 4.78 is 6.21. The van der Waals surface area contributed by atoms with E-state index in [9.17, 15) is 0 Å². The summed E-state index contributed by atoms with van der Waals surface area (Å²) in [5.41, 5.74) is 2.92. The molecule has 0 aromatic carbocycles. The third kappa shape index (κ3) is 3.14. The van der Waals surface area contributed by atoms with Crippen LogP contribution in [0.1, 0.15) is 62.6 Å². The van der Waals surface area contributed by atoms with Gasteiger partial charge in [0.2, 0.25) is 0 Å².